The summed E-state index contributed by atoms with van der Waals surface area (Å²) in [7, 11) is 1.29. The molecule has 5 heteroatoms. The Morgan fingerprint density at radius 1 is 1.29 bits per heavy atom. The van der Waals surface area contributed by atoms with Gasteiger partial charge in [-0.1, -0.05) is 6.07 Å². The molecular formula is C12H11NO4. The molecule has 0 aliphatic heterocycles. The lowest BCUT2D eigenvalue weighted by molar-refractivity contribution is -0.142. The summed E-state index contributed by atoms with van der Waals surface area (Å²) < 4.78 is 9.78. The molecule has 0 saturated carbocycles. The SMILES string of the molecule is COC(=O)COc1cccc2c(=O)[nH]ccc12. The lowest BCUT2D eigenvalue weighted by atomic mass is 10.1. The highest BCUT2D eigenvalue weighted by atomic mass is 16.6. The Balaban J connectivity index is 2.38. The highest BCUT2D eigenvalue weighted by molar-refractivity contribution is 5.87. The first-order valence-corrected chi connectivity index (χ1v) is 5.02. The van der Waals surface area contributed by atoms with Crippen molar-refractivity contribution in [3.8, 4) is 5.75 Å². The van der Waals surface area contributed by atoms with Crippen LogP contribution in [0.3, 0.4) is 0 Å². The molecule has 0 saturated heterocycles. The van der Waals surface area contributed by atoms with Gasteiger partial charge in [-0.05, 0) is 18.2 Å². The predicted molar refractivity (Wildman–Crippen MR) is 62.1 cm³/mol. The molecule has 0 fully saturated rings. The highest BCUT2D eigenvalue weighted by Gasteiger charge is 2.06. The lowest BCUT2D eigenvalue weighted by Crippen LogP contribution is -2.13. The van der Waals surface area contributed by atoms with Crippen molar-refractivity contribution < 1.29 is 14.3 Å². The van der Waals surface area contributed by atoms with Crippen LogP contribution in [0.25, 0.3) is 10.8 Å². The maximum atomic E-state index is 11.5. The van der Waals surface area contributed by atoms with Gasteiger partial charge in [0.05, 0.1) is 12.5 Å². The molecule has 1 heterocycles. The van der Waals surface area contributed by atoms with E-state index in [1.165, 1.54) is 13.3 Å². The summed E-state index contributed by atoms with van der Waals surface area (Å²) in [5.74, 6) is 0.0193. The van der Waals surface area contributed by atoms with E-state index in [1.807, 2.05) is 0 Å². The number of rotatable bonds is 3. The average molecular weight is 233 g/mol. The molecule has 1 aromatic carbocycles. The Bertz CT molecular complexity index is 603. The van der Waals surface area contributed by atoms with Gasteiger partial charge in [0.2, 0.25) is 0 Å². The van der Waals surface area contributed by atoms with Crippen molar-refractivity contribution in [1.29, 1.82) is 0 Å². The lowest BCUT2D eigenvalue weighted by Gasteiger charge is -2.07. The van der Waals surface area contributed by atoms with Crippen LogP contribution >= 0.6 is 0 Å². The number of nitrogens with one attached hydrogen (secondary N) is 1. The number of hydrogen-bond donors (Lipinski definition) is 1. The number of esters is 1. The molecule has 0 spiro atoms. The third-order valence-corrected chi connectivity index (χ3v) is 2.35. The van der Waals surface area contributed by atoms with Crippen molar-refractivity contribution in [3.63, 3.8) is 0 Å². The van der Waals surface area contributed by atoms with Crippen molar-refractivity contribution in [1.82, 2.24) is 4.98 Å². The summed E-state index contributed by atoms with van der Waals surface area (Å²) in [5.41, 5.74) is -0.189. The Hall–Kier alpha value is -2.30. The van der Waals surface area contributed by atoms with Gasteiger partial charge in [0, 0.05) is 11.6 Å². The summed E-state index contributed by atoms with van der Waals surface area (Å²) in [6, 6.07) is 6.82. The monoisotopic (exact) mass is 233 g/mol. The minimum absolute atomic E-state index is 0.178. The number of hydrogen-bond acceptors (Lipinski definition) is 4. The number of pyridine rings is 1. The Morgan fingerprint density at radius 3 is 2.88 bits per heavy atom. The van der Waals surface area contributed by atoms with E-state index in [0.29, 0.717) is 16.5 Å². The predicted octanol–water partition coefficient (Wildman–Crippen LogP) is 1.08. The van der Waals surface area contributed by atoms with E-state index in [0.717, 1.165) is 0 Å². The molecule has 0 radical (unpaired) electrons. The third kappa shape index (κ3) is 2.28. The minimum Gasteiger partial charge on any atom is -0.481 e. The number of aromatic amines is 1. The van der Waals surface area contributed by atoms with Crippen molar-refractivity contribution in [2.45, 2.75) is 0 Å². The number of carbonyl (C=O) groups is 1. The topological polar surface area (TPSA) is 68.4 Å². The van der Waals surface area contributed by atoms with Gasteiger partial charge >= 0.3 is 5.97 Å². The van der Waals surface area contributed by atoms with E-state index in [1.54, 1.807) is 24.3 Å². The zero-order valence-corrected chi connectivity index (χ0v) is 9.23. The van der Waals surface area contributed by atoms with Crippen LogP contribution in [-0.2, 0) is 9.53 Å². The fraction of sp³-hybridized carbons (Fsp3) is 0.167. The summed E-state index contributed by atoms with van der Waals surface area (Å²) in [6.45, 7) is -0.178. The normalized spacial score (nSPS) is 10.2. The molecule has 0 atom stereocenters. The number of ether oxygens (including phenoxy) is 2. The van der Waals surface area contributed by atoms with Crippen LogP contribution in [0, 0.1) is 0 Å². The van der Waals surface area contributed by atoms with Gasteiger partial charge in [-0.2, -0.15) is 0 Å². The number of carbonyl (C=O) groups excluding carboxylic acids is 1. The Labute approximate surface area is 97.0 Å². The van der Waals surface area contributed by atoms with E-state index in [9.17, 15) is 9.59 Å². The molecule has 0 bridgehead atoms. The first kappa shape index (κ1) is 11.2. The number of aromatic nitrogens is 1. The molecule has 0 amide bonds. The molecule has 2 rings (SSSR count). The second kappa shape index (κ2) is 4.69. The van der Waals surface area contributed by atoms with Crippen LogP contribution in [0.4, 0.5) is 0 Å². The zero-order valence-electron chi connectivity index (χ0n) is 9.23. The van der Waals surface area contributed by atoms with Crippen molar-refractivity contribution in [2.24, 2.45) is 0 Å². The van der Waals surface area contributed by atoms with E-state index < -0.39 is 5.97 Å². The van der Waals surface area contributed by atoms with E-state index >= 15 is 0 Å². The van der Waals surface area contributed by atoms with Crippen molar-refractivity contribution in [3.05, 3.63) is 40.8 Å². The molecule has 5 nitrogen and oxygen atoms in total. The molecule has 17 heavy (non-hydrogen) atoms. The van der Waals surface area contributed by atoms with Crippen LogP contribution in [0.2, 0.25) is 0 Å². The Kier molecular flexibility index (Phi) is 3.09. The van der Waals surface area contributed by atoms with Gasteiger partial charge in [0.15, 0.2) is 6.61 Å². The number of H-pyrrole nitrogens is 1. The summed E-state index contributed by atoms with van der Waals surface area (Å²) in [6.07, 6.45) is 1.54. The maximum Gasteiger partial charge on any atom is 0.343 e. The summed E-state index contributed by atoms with van der Waals surface area (Å²) in [5, 5.41) is 1.19. The summed E-state index contributed by atoms with van der Waals surface area (Å²) in [4.78, 5) is 25.1. The second-order valence-corrected chi connectivity index (χ2v) is 3.39. The molecule has 88 valence electrons. The third-order valence-electron chi connectivity index (χ3n) is 2.35. The molecular weight excluding hydrogens is 222 g/mol. The van der Waals surface area contributed by atoms with Crippen molar-refractivity contribution >= 4 is 16.7 Å². The fourth-order valence-corrected chi connectivity index (χ4v) is 1.51. The number of fused-ring (bicyclic) bond motifs is 1. The van der Waals surface area contributed by atoms with Crippen LogP contribution < -0.4 is 10.3 Å². The highest BCUT2D eigenvalue weighted by Crippen LogP contribution is 2.22. The van der Waals surface area contributed by atoms with E-state index in [2.05, 4.69) is 9.72 Å². The maximum absolute atomic E-state index is 11.5. The van der Waals surface area contributed by atoms with Crippen LogP contribution in [0.15, 0.2) is 35.3 Å². The van der Waals surface area contributed by atoms with Crippen molar-refractivity contribution in [2.75, 3.05) is 13.7 Å². The van der Waals surface area contributed by atoms with E-state index in [4.69, 9.17) is 4.74 Å². The van der Waals surface area contributed by atoms with Gasteiger partial charge in [0.25, 0.3) is 5.56 Å². The quantitative estimate of drug-likeness (QED) is 0.805. The van der Waals surface area contributed by atoms with Gasteiger partial charge < -0.3 is 14.5 Å². The van der Waals surface area contributed by atoms with E-state index in [-0.39, 0.29) is 12.2 Å². The average Bonchev–Trinajstić information content (AvgIpc) is 2.36. The molecule has 0 aliphatic rings. The van der Waals surface area contributed by atoms with Crippen LogP contribution in [-0.4, -0.2) is 24.7 Å². The first-order valence-electron chi connectivity index (χ1n) is 5.02. The fourth-order valence-electron chi connectivity index (χ4n) is 1.51. The van der Waals surface area contributed by atoms with Gasteiger partial charge in [-0.25, -0.2) is 4.79 Å². The van der Waals surface area contributed by atoms with Gasteiger partial charge in [-0.3, -0.25) is 4.79 Å². The largest absolute Gasteiger partial charge is 0.481 e. The molecule has 1 N–H and O–H groups in total. The standard InChI is InChI=1S/C12H11NO4/c1-16-11(14)7-17-10-4-2-3-9-8(10)5-6-13-12(9)15/h2-6H,7H2,1H3,(H,13,15). The van der Waals surface area contributed by atoms with Gasteiger partial charge in [-0.15, -0.1) is 0 Å². The van der Waals surface area contributed by atoms with Crippen LogP contribution in [0.5, 0.6) is 5.75 Å². The minimum atomic E-state index is -0.466. The Morgan fingerprint density at radius 2 is 2.12 bits per heavy atom. The molecule has 0 aliphatic carbocycles. The summed E-state index contributed by atoms with van der Waals surface area (Å²) >= 11 is 0. The second-order valence-electron chi connectivity index (χ2n) is 3.39. The van der Waals surface area contributed by atoms with Gasteiger partial charge in [0.1, 0.15) is 5.75 Å². The first-order chi connectivity index (χ1) is 8.22. The number of benzene rings is 1. The number of methoxy groups -OCH3 is 1. The molecule has 0 unspecified atom stereocenters. The zero-order chi connectivity index (χ0) is 12.3. The smallest absolute Gasteiger partial charge is 0.343 e. The van der Waals surface area contributed by atoms with Crippen LogP contribution in [0.1, 0.15) is 0 Å². The molecule has 2 aromatic rings. The molecule has 1 aromatic heterocycles.